The molecule has 0 unspecified atom stereocenters. The van der Waals surface area contributed by atoms with Crippen molar-refractivity contribution in [3.8, 4) is 16.9 Å². The van der Waals surface area contributed by atoms with Gasteiger partial charge < -0.3 is 9.84 Å². The Morgan fingerprint density at radius 2 is 1.77 bits per heavy atom. The number of rotatable bonds is 8. The molecule has 6 nitrogen and oxygen atoms in total. The molecule has 162 valence electrons. The number of halogens is 1. The average Bonchev–Trinajstić information content (AvgIpc) is 2.73. The maximum absolute atomic E-state index is 13.2. The Labute approximate surface area is 180 Å². The second-order valence-corrected chi connectivity index (χ2v) is 9.14. The van der Waals surface area contributed by atoms with Crippen molar-refractivity contribution in [1.82, 2.24) is 4.31 Å². The van der Waals surface area contributed by atoms with Gasteiger partial charge in [0, 0.05) is 19.2 Å². The summed E-state index contributed by atoms with van der Waals surface area (Å²) in [4.78, 5) is 10.9. The Balaban J connectivity index is 1.93. The van der Waals surface area contributed by atoms with Crippen molar-refractivity contribution in [2.45, 2.75) is 18.4 Å². The average molecular weight is 443 g/mol. The number of carboxylic acids is 1. The fourth-order valence-electron chi connectivity index (χ4n) is 3.11. The van der Waals surface area contributed by atoms with Crippen LogP contribution >= 0.6 is 0 Å². The molecule has 3 aromatic carbocycles. The Morgan fingerprint density at radius 1 is 1.06 bits per heavy atom. The van der Waals surface area contributed by atoms with Crippen molar-refractivity contribution in [3.63, 3.8) is 0 Å². The largest absolute Gasteiger partial charge is 0.481 e. The summed E-state index contributed by atoms with van der Waals surface area (Å²) in [7, 11) is -2.37. The summed E-state index contributed by atoms with van der Waals surface area (Å²) in [5.74, 6) is -1.22. The normalized spacial score (nSPS) is 11.5. The number of hydrogen-bond donors (Lipinski definition) is 1. The molecule has 0 aromatic heterocycles. The van der Waals surface area contributed by atoms with Crippen molar-refractivity contribution in [3.05, 3.63) is 83.7 Å². The maximum atomic E-state index is 13.2. The lowest BCUT2D eigenvalue weighted by molar-refractivity contribution is -0.139. The SMILES string of the molecule is Cc1cccc(-c2cc(CN(C)S(=O)(=O)c3ccc(F)cc3)ccc2OCC(=O)O)c1. The predicted octanol–water partition coefficient (Wildman–Crippen LogP) is 4.09. The van der Waals surface area contributed by atoms with E-state index in [-0.39, 0.29) is 11.4 Å². The topological polar surface area (TPSA) is 83.9 Å². The number of benzene rings is 3. The molecule has 0 bridgehead atoms. The minimum atomic E-state index is -3.81. The van der Waals surface area contributed by atoms with E-state index in [2.05, 4.69) is 0 Å². The van der Waals surface area contributed by atoms with Gasteiger partial charge in [0.1, 0.15) is 11.6 Å². The smallest absolute Gasteiger partial charge is 0.341 e. The highest BCUT2D eigenvalue weighted by Crippen LogP contribution is 2.32. The number of ether oxygens (including phenoxy) is 1. The molecule has 31 heavy (non-hydrogen) atoms. The monoisotopic (exact) mass is 443 g/mol. The number of nitrogens with zero attached hydrogens (tertiary/aromatic N) is 1. The van der Waals surface area contributed by atoms with Gasteiger partial charge in [0.15, 0.2) is 6.61 Å². The van der Waals surface area contributed by atoms with Gasteiger partial charge in [-0.3, -0.25) is 0 Å². The molecule has 0 heterocycles. The zero-order valence-corrected chi connectivity index (χ0v) is 17.9. The van der Waals surface area contributed by atoms with Crippen LogP contribution in [0.5, 0.6) is 5.75 Å². The second kappa shape index (κ2) is 9.28. The van der Waals surface area contributed by atoms with E-state index in [1.807, 2.05) is 31.2 Å². The summed E-state index contributed by atoms with van der Waals surface area (Å²) in [6.07, 6.45) is 0. The third-order valence-electron chi connectivity index (χ3n) is 4.65. The Morgan fingerprint density at radius 3 is 2.42 bits per heavy atom. The first-order chi connectivity index (χ1) is 14.7. The van der Waals surface area contributed by atoms with E-state index in [4.69, 9.17) is 9.84 Å². The van der Waals surface area contributed by atoms with Gasteiger partial charge in [0.2, 0.25) is 10.0 Å². The van der Waals surface area contributed by atoms with Gasteiger partial charge in [0.25, 0.3) is 0 Å². The van der Waals surface area contributed by atoms with Gasteiger partial charge in [-0.2, -0.15) is 4.31 Å². The van der Waals surface area contributed by atoms with Crippen LogP contribution in [0.1, 0.15) is 11.1 Å². The zero-order chi connectivity index (χ0) is 22.6. The summed E-state index contributed by atoms with van der Waals surface area (Å²) in [6, 6.07) is 17.4. The van der Waals surface area contributed by atoms with Gasteiger partial charge in [-0.15, -0.1) is 0 Å². The fraction of sp³-hybridized carbons (Fsp3) is 0.174. The van der Waals surface area contributed by atoms with E-state index in [0.717, 1.165) is 23.3 Å². The van der Waals surface area contributed by atoms with Crippen LogP contribution < -0.4 is 4.74 Å². The van der Waals surface area contributed by atoms with Crippen LogP contribution in [0.4, 0.5) is 4.39 Å². The van der Waals surface area contributed by atoms with Crippen LogP contribution in [0, 0.1) is 12.7 Å². The first-order valence-electron chi connectivity index (χ1n) is 9.43. The molecule has 3 aromatic rings. The second-order valence-electron chi connectivity index (χ2n) is 7.10. The highest BCUT2D eigenvalue weighted by atomic mass is 32.2. The molecule has 0 amide bonds. The van der Waals surface area contributed by atoms with Gasteiger partial charge >= 0.3 is 5.97 Å². The molecule has 3 rings (SSSR count). The van der Waals surface area contributed by atoms with Crippen LogP contribution in [0.3, 0.4) is 0 Å². The number of carbonyl (C=O) groups is 1. The summed E-state index contributed by atoms with van der Waals surface area (Å²) in [5.41, 5.74) is 3.19. The van der Waals surface area contributed by atoms with Gasteiger partial charge in [0.05, 0.1) is 4.90 Å². The highest BCUT2D eigenvalue weighted by Gasteiger charge is 2.21. The van der Waals surface area contributed by atoms with Gasteiger partial charge in [-0.1, -0.05) is 35.9 Å². The molecule has 0 aliphatic carbocycles. The zero-order valence-electron chi connectivity index (χ0n) is 17.1. The number of carboxylic acid groups (broad SMARTS) is 1. The van der Waals surface area contributed by atoms with Crippen LogP contribution in [-0.2, 0) is 21.4 Å². The van der Waals surface area contributed by atoms with E-state index in [1.54, 1.807) is 18.2 Å². The fourth-order valence-corrected chi connectivity index (χ4v) is 4.27. The quantitative estimate of drug-likeness (QED) is 0.567. The lowest BCUT2D eigenvalue weighted by Crippen LogP contribution is -2.26. The molecule has 0 saturated heterocycles. The molecule has 1 N–H and O–H groups in total. The molecule has 0 saturated carbocycles. The van der Waals surface area contributed by atoms with E-state index in [0.29, 0.717) is 16.9 Å². The van der Waals surface area contributed by atoms with Crippen molar-refractivity contribution < 1.29 is 27.4 Å². The third-order valence-corrected chi connectivity index (χ3v) is 6.47. The Kier molecular flexibility index (Phi) is 6.72. The predicted molar refractivity (Wildman–Crippen MR) is 115 cm³/mol. The minimum Gasteiger partial charge on any atom is -0.481 e. The Bertz CT molecular complexity index is 1190. The molecule has 0 radical (unpaired) electrons. The molecule has 0 fully saturated rings. The van der Waals surface area contributed by atoms with E-state index in [9.17, 15) is 17.6 Å². The molecule has 0 aliphatic heterocycles. The highest BCUT2D eigenvalue weighted by molar-refractivity contribution is 7.89. The first kappa shape index (κ1) is 22.5. The van der Waals surface area contributed by atoms with Crippen molar-refractivity contribution in [1.29, 1.82) is 0 Å². The van der Waals surface area contributed by atoms with Crippen molar-refractivity contribution >= 4 is 16.0 Å². The molecular weight excluding hydrogens is 421 g/mol. The maximum Gasteiger partial charge on any atom is 0.341 e. The van der Waals surface area contributed by atoms with Crippen molar-refractivity contribution in [2.24, 2.45) is 0 Å². The molecule has 0 spiro atoms. The minimum absolute atomic E-state index is 0.00304. The van der Waals surface area contributed by atoms with Crippen LogP contribution in [0.2, 0.25) is 0 Å². The summed E-state index contributed by atoms with van der Waals surface area (Å²) < 4.78 is 45.4. The molecule has 8 heteroatoms. The first-order valence-corrected chi connectivity index (χ1v) is 10.9. The number of aryl methyl sites for hydroxylation is 1. The van der Waals surface area contributed by atoms with Crippen molar-refractivity contribution in [2.75, 3.05) is 13.7 Å². The van der Waals surface area contributed by atoms with E-state index in [1.165, 1.54) is 23.5 Å². The van der Waals surface area contributed by atoms with Gasteiger partial charge in [-0.05, 0) is 54.4 Å². The standard InChI is InChI=1S/C23H22FNO5S/c1-16-4-3-5-18(12-16)21-13-17(6-11-22(21)30-15-23(26)27)14-25(2)31(28,29)20-9-7-19(24)8-10-20/h3-13H,14-15H2,1-2H3,(H,26,27). The van der Waals surface area contributed by atoms with Crippen LogP contribution in [0.25, 0.3) is 11.1 Å². The number of hydrogen-bond acceptors (Lipinski definition) is 4. The third kappa shape index (κ3) is 5.48. The van der Waals surface area contributed by atoms with Gasteiger partial charge in [-0.25, -0.2) is 17.6 Å². The molecule has 0 aliphatic rings. The lowest BCUT2D eigenvalue weighted by Gasteiger charge is -2.19. The summed E-state index contributed by atoms with van der Waals surface area (Å²) >= 11 is 0. The molecule has 0 atom stereocenters. The summed E-state index contributed by atoms with van der Waals surface area (Å²) in [6.45, 7) is 1.52. The Hall–Kier alpha value is -3.23. The van der Waals surface area contributed by atoms with Crippen LogP contribution in [-0.4, -0.2) is 37.5 Å². The van der Waals surface area contributed by atoms with Crippen LogP contribution in [0.15, 0.2) is 71.6 Å². The van der Waals surface area contributed by atoms with E-state index >= 15 is 0 Å². The van der Waals surface area contributed by atoms with E-state index < -0.39 is 28.4 Å². The number of aliphatic carboxylic acids is 1. The summed E-state index contributed by atoms with van der Waals surface area (Å²) in [5, 5.41) is 8.95. The lowest BCUT2D eigenvalue weighted by atomic mass is 10.00. The molecular formula is C23H22FNO5S. The number of sulfonamides is 1.